The number of aromatic nitrogens is 2. The van der Waals surface area contributed by atoms with Crippen LogP contribution in [0.3, 0.4) is 0 Å². The molecule has 22 heavy (non-hydrogen) atoms. The van der Waals surface area contributed by atoms with E-state index in [2.05, 4.69) is 10.00 Å². The number of nitrogens with zero attached hydrogens (tertiary/aromatic N) is 3. The molecular weight excluding hydrogens is 282 g/mol. The van der Waals surface area contributed by atoms with Crippen LogP contribution < -0.4 is 16.4 Å². The molecular formula is C15H27N5O2. The molecule has 4 N–H and O–H groups in total. The van der Waals surface area contributed by atoms with E-state index in [9.17, 15) is 4.79 Å². The van der Waals surface area contributed by atoms with Crippen molar-refractivity contribution in [3.05, 3.63) is 6.20 Å². The van der Waals surface area contributed by atoms with E-state index >= 15 is 0 Å². The normalized spacial score (nSPS) is 20.8. The van der Waals surface area contributed by atoms with Crippen LogP contribution in [0.4, 0.5) is 11.5 Å². The summed E-state index contributed by atoms with van der Waals surface area (Å²) in [6, 6.07) is -0.614. The molecule has 2 atom stereocenters. The molecule has 1 saturated heterocycles. The lowest BCUT2D eigenvalue weighted by molar-refractivity contribution is -0.158. The van der Waals surface area contributed by atoms with Crippen LogP contribution in [0.15, 0.2) is 6.20 Å². The number of rotatable bonds is 3. The van der Waals surface area contributed by atoms with Crippen molar-refractivity contribution in [3.8, 4) is 0 Å². The number of carbonyl (C=O) groups excluding carboxylic acids is 1. The summed E-state index contributed by atoms with van der Waals surface area (Å²) in [7, 11) is 1.86. The molecule has 1 aliphatic rings. The Labute approximate surface area is 131 Å². The average molecular weight is 309 g/mol. The van der Waals surface area contributed by atoms with Crippen LogP contribution in [0.25, 0.3) is 0 Å². The third kappa shape index (κ3) is 3.71. The lowest BCUT2D eigenvalue weighted by atomic mass is 9.91. The topological polar surface area (TPSA) is 99.4 Å². The van der Waals surface area contributed by atoms with Gasteiger partial charge in [0.25, 0.3) is 0 Å². The maximum absolute atomic E-state index is 12.2. The number of hydrogen-bond acceptors (Lipinski definition) is 6. The van der Waals surface area contributed by atoms with Crippen molar-refractivity contribution in [3.63, 3.8) is 0 Å². The van der Waals surface area contributed by atoms with Gasteiger partial charge in [-0.05, 0) is 33.6 Å². The first kappa shape index (κ1) is 16.6. The molecule has 124 valence electrons. The molecule has 1 aromatic heterocycles. The number of nitrogens with two attached hydrogens (primary N) is 2. The largest absolute Gasteiger partial charge is 0.459 e. The SMILES string of the molecule is Cn1ncc(N)c1N1CCCC(C(N)C(=O)OC(C)(C)C)C1. The first-order valence-corrected chi connectivity index (χ1v) is 7.70. The van der Waals surface area contributed by atoms with Crippen LogP contribution in [0.2, 0.25) is 0 Å². The summed E-state index contributed by atoms with van der Waals surface area (Å²) in [4.78, 5) is 14.3. The van der Waals surface area contributed by atoms with Gasteiger partial charge in [-0.1, -0.05) is 0 Å². The summed E-state index contributed by atoms with van der Waals surface area (Å²) in [6.07, 6.45) is 3.52. The van der Waals surface area contributed by atoms with Crippen molar-refractivity contribution in [2.75, 3.05) is 23.7 Å². The highest BCUT2D eigenvalue weighted by atomic mass is 16.6. The molecule has 2 rings (SSSR count). The van der Waals surface area contributed by atoms with E-state index in [0.29, 0.717) is 12.2 Å². The first-order valence-electron chi connectivity index (χ1n) is 7.70. The third-order valence-corrected chi connectivity index (χ3v) is 3.88. The van der Waals surface area contributed by atoms with Crippen LogP contribution in [0, 0.1) is 5.92 Å². The van der Waals surface area contributed by atoms with Crippen LogP contribution in [-0.4, -0.2) is 40.5 Å². The number of aryl methyl sites for hydroxylation is 1. The van der Waals surface area contributed by atoms with Crippen LogP contribution in [0.5, 0.6) is 0 Å². The van der Waals surface area contributed by atoms with Gasteiger partial charge < -0.3 is 21.1 Å². The summed E-state index contributed by atoms with van der Waals surface area (Å²) >= 11 is 0. The number of esters is 1. The number of nitrogen functional groups attached to an aromatic ring is 1. The molecule has 0 saturated carbocycles. The molecule has 0 amide bonds. The zero-order chi connectivity index (χ0) is 16.5. The zero-order valence-corrected chi connectivity index (χ0v) is 13.9. The fourth-order valence-corrected chi connectivity index (χ4v) is 2.89. The summed E-state index contributed by atoms with van der Waals surface area (Å²) in [5.74, 6) is 0.608. The molecule has 0 radical (unpaired) electrons. The summed E-state index contributed by atoms with van der Waals surface area (Å²) in [6.45, 7) is 7.12. The third-order valence-electron chi connectivity index (χ3n) is 3.88. The monoisotopic (exact) mass is 309 g/mol. The van der Waals surface area contributed by atoms with Gasteiger partial charge in [-0.2, -0.15) is 5.10 Å². The second-order valence-corrected chi connectivity index (χ2v) is 6.95. The van der Waals surface area contributed by atoms with Gasteiger partial charge >= 0.3 is 5.97 Å². The Morgan fingerprint density at radius 3 is 2.73 bits per heavy atom. The van der Waals surface area contributed by atoms with Crippen molar-refractivity contribution in [2.24, 2.45) is 18.7 Å². The van der Waals surface area contributed by atoms with Crippen molar-refractivity contribution in [1.82, 2.24) is 9.78 Å². The Morgan fingerprint density at radius 2 is 2.18 bits per heavy atom. The van der Waals surface area contributed by atoms with Crippen LogP contribution in [0.1, 0.15) is 33.6 Å². The number of anilines is 2. The number of ether oxygens (including phenoxy) is 1. The Balaban J connectivity index is 2.06. The minimum atomic E-state index is -0.614. The van der Waals surface area contributed by atoms with Crippen LogP contribution in [-0.2, 0) is 16.6 Å². The van der Waals surface area contributed by atoms with E-state index in [1.807, 2.05) is 27.8 Å². The summed E-state index contributed by atoms with van der Waals surface area (Å²) < 4.78 is 7.16. The highest BCUT2D eigenvalue weighted by molar-refractivity contribution is 5.76. The van der Waals surface area contributed by atoms with E-state index in [1.54, 1.807) is 10.9 Å². The van der Waals surface area contributed by atoms with Gasteiger partial charge in [0.05, 0.1) is 11.9 Å². The maximum Gasteiger partial charge on any atom is 0.323 e. The average Bonchev–Trinajstić information content (AvgIpc) is 2.75. The Hall–Kier alpha value is -1.76. The zero-order valence-electron chi connectivity index (χ0n) is 13.9. The molecule has 7 heteroatoms. The van der Waals surface area contributed by atoms with Gasteiger partial charge in [0, 0.05) is 26.1 Å². The number of piperidine rings is 1. The molecule has 7 nitrogen and oxygen atoms in total. The van der Waals surface area contributed by atoms with Crippen molar-refractivity contribution in [1.29, 1.82) is 0 Å². The van der Waals surface area contributed by atoms with Gasteiger partial charge in [0.2, 0.25) is 0 Å². The molecule has 2 heterocycles. The van der Waals surface area contributed by atoms with E-state index < -0.39 is 11.6 Å². The number of carbonyl (C=O) groups is 1. The van der Waals surface area contributed by atoms with Crippen molar-refractivity contribution in [2.45, 2.75) is 45.3 Å². The summed E-state index contributed by atoms with van der Waals surface area (Å²) in [5, 5.41) is 4.17. The standard InChI is InChI=1S/C15H27N5O2/c1-15(2,3)22-14(21)12(17)10-6-5-7-20(9-10)13-11(16)8-18-19(13)4/h8,10,12H,5-7,9,16-17H2,1-4H3. The Morgan fingerprint density at radius 1 is 1.50 bits per heavy atom. The van der Waals surface area contributed by atoms with Gasteiger partial charge in [0.1, 0.15) is 17.5 Å². The first-order chi connectivity index (χ1) is 10.2. The fourth-order valence-electron chi connectivity index (χ4n) is 2.89. The number of hydrogen-bond donors (Lipinski definition) is 2. The van der Waals surface area contributed by atoms with Gasteiger partial charge in [-0.3, -0.25) is 9.48 Å². The summed E-state index contributed by atoms with van der Waals surface area (Å²) in [5.41, 5.74) is 12.3. The van der Waals surface area contributed by atoms with E-state index in [-0.39, 0.29) is 11.9 Å². The second kappa shape index (κ2) is 6.16. The van der Waals surface area contributed by atoms with Crippen molar-refractivity contribution < 1.29 is 9.53 Å². The fraction of sp³-hybridized carbons (Fsp3) is 0.733. The molecule has 1 aromatic rings. The minimum absolute atomic E-state index is 0.0536. The van der Waals surface area contributed by atoms with Gasteiger partial charge in [0.15, 0.2) is 0 Å². The maximum atomic E-state index is 12.2. The van der Waals surface area contributed by atoms with Gasteiger partial charge in [-0.15, -0.1) is 0 Å². The Bertz CT molecular complexity index is 515. The molecule has 0 spiro atoms. The second-order valence-electron chi connectivity index (χ2n) is 6.95. The molecule has 1 aliphatic heterocycles. The lowest BCUT2D eigenvalue weighted by Crippen LogP contribution is -2.49. The lowest BCUT2D eigenvalue weighted by Gasteiger charge is -2.36. The quantitative estimate of drug-likeness (QED) is 0.804. The molecule has 0 aliphatic carbocycles. The molecule has 0 bridgehead atoms. The minimum Gasteiger partial charge on any atom is -0.459 e. The van der Waals surface area contributed by atoms with Crippen LogP contribution >= 0.6 is 0 Å². The predicted octanol–water partition coefficient (Wildman–Crippen LogP) is 0.888. The molecule has 2 unspecified atom stereocenters. The molecule has 0 aromatic carbocycles. The Kier molecular flexibility index (Phi) is 4.65. The van der Waals surface area contributed by atoms with E-state index in [0.717, 1.165) is 25.2 Å². The predicted molar refractivity (Wildman–Crippen MR) is 86.4 cm³/mol. The highest BCUT2D eigenvalue weighted by Gasteiger charge is 2.33. The highest BCUT2D eigenvalue weighted by Crippen LogP contribution is 2.28. The van der Waals surface area contributed by atoms with Crippen molar-refractivity contribution >= 4 is 17.5 Å². The van der Waals surface area contributed by atoms with E-state index in [4.69, 9.17) is 16.2 Å². The molecule has 1 fully saturated rings. The van der Waals surface area contributed by atoms with E-state index in [1.165, 1.54) is 0 Å². The smallest absolute Gasteiger partial charge is 0.323 e. The van der Waals surface area contributed by atoms with Gasteiger partial charge in [-0.25, -0.2) is 0 Å².